The summed E-state index contributed by atoms with van der Waals surface area (Å²) in [4.78, 5) is 24.2. The van der Waals surface area contributed by atoms with E-state index in [1.807, 2.05) is 6.92 Å². The Kier molecular flexibility index (Phi) is 3.47. The van der Waals surface area contributed by atoms with Gasteiger partial charge in [0, 0.05) is 11.8 Å². The van der Waals surface area contributed by atoms with Gasteiger partial charge in [0.2, 0.25) is 0 Å². The zero-order valence-electron chi connectivity index (χ0n) is 11.7. The summed E-state index contributed by atoms with van der Waals surface area (Å²) >= 11 is 0. The van der Waals surface area contributed by atoms with Crippen molar-refractivity contribution < 1.29 is 13.6 Å². The van der Waals surface area contributed by atoms with E-state index in [1.165, 1.54) is 24.3 Å². The molecule has 0 saturated heterocycles. The molecule has 0 bridgehead atoms. The molecule has 0 radical (unpaired) electrons. The number of halogens is 1. The van der Waals surface area contributed by atoms with Gasteiger partial charge >= 0.3 is 0 Å². The molecule has 1 aromatic heterocycles. The minimum atomic E-state index is -0.564. The van der Waals surface area contributed by atoms with Crippen LogP contribution in [0.5, 0.6) is 0 Å². The molecule has 0 aliphatic heterocycles. The van der Waals surface area contributed by atoms with Gasteiger partial charge in [0.25, 0.3) is 5.91 Å². The van der Waals surface area contributed by atoms with Crippen LogP contribution < -0.4 is 10.7 Å². The molecule has 1 amide bonds. The molecule has 0 aliphatic rings. The van der Waals surface area contributed by atoms with Crippen molar-refractivity contribution in [2.45, 2.75) is 6.92 Å². The Morgan fingerprint density at radius 3 is 2.55 bits per heavy atom. The predicted octanol–water partition coefficient (Wildman–Crippen LogP) is 3.49. The Balaban J connectivity index is 1.96. The summed E-state index contributed by atoms with van der Waals surface area (Å²) in [5.41, 5.74) is 1.41. The van der Waals surface area contributed by atoms with E-state index in [0.29, 0.717) is 16.7 Å². The molecule has 0 unspecified atom stereocenters. The monoisotopic (exact) mass is 297 g/mol. The fraction of sp³-hybridized carbons (Fsp3) is 0.0588. The first-order valence-electron chi connectivity index (χ1n) is 6.64. The molecule has 0 atom stereocenters. The Bertz CT molecular complexity index is 913. The smallest absolute Gasteiger partial charge is 0.291 e. The summed E-state index contributed by atoms with van der Waals surface area (Å²) in [6.45, 7) is 1.87. The number of hydrogen-bond acceptors (Lipinski definition) is 3. The minimum Gasteiger partial charge on any atom is -0.451 e. The molecule has 0 fully saturated rings. The molecule has 0 saturated carbocycles. The van der Waals surface area contributed by atoms with Crippen LogP contribution in [0.25, 0.3) is 11.0 Å². The van der Waals surface area contributed by atoms with E-state index in [0.717, 1.165) is 11.6 Å². The minimum absolute atomic E-state index is 0.0920. The van der Waals surface area contributed by atoms with Crippen LogP contribution in [0.2, 0.25) is 0 Å². The predicted molar refractivity (Wildman–Crippen MR) is 81.6 cm³/mol. The van der Waals surface area contributed by atoms with Gasteiger partial charge in [-0.3, -0.25) is 9.59 Å². The van der Waals surface area contributed by atoms with Crippen molar-refractivity contribution in [2.75, 3.05) is 5.32 Å². The number of nitrogens with one attached hydrogen (secondary N) is 1. The topological polar surface area (TPSA) is 59.3 Å². The van der Waals surface area contributed by atoms with E-state index in [9.17, 15) is 14.0 Å². The molecule has 1 N–H and O–H groups in total. The Hall–Kier alpha value is -2.95. The quantitative estimate of drug-likeness (QED) is 0.787. The molecule has 0 spiro atoms. The fourth-order valence-electron chi connectivity index (χ4n) is 2.11. The van der Waals surface area contributed by atoms with Crippen molar-refractivity contribution in [1.82, 2.24) is 0 Å². The maximum absolute atomic E-state index is 12.8. The summed E-state index contributed by atoms with van der Waals surface area (Å²) in [5, 5.41) is 2.98. The first kappa shape index (κ1) is 14.0. The Labute approximate surface area is 125 Å². The first-order chi connectivity index (χ1) is 10.5. The third-order valence-corrected chi connectivity index (χ3v) is 3.21. The van der Waals surface area contributed by atoms with Crippen molar-refractivity contribution in [1.29, 1.82) is 0 Å². The van der Waals surface area contributed by atoms with Gasteiger partial charge in [0.15, 0.2) is 11.2 Å². The normalized spacial score (nSPS) is 10.6. The number of aryl methyl sites for hydroxylation is 1. The molecule has 5 heteroatoms. The van der Waals surface area contributed by atoms with Crippen LogP contribution in [0.3, 0.4) is 0 Å². The van der Waals surface area contributed by atoms with Gasteiger partial charge in [-0.25, -0.2) is 4.39 Å². The van der Waals surface area contributed by atoms with E-state index >= 15 is 0 Å². The summed E-state index contributed by atoms with van der Waals surface area (Å²) in [7, 11) is 0. The summed E-state index contributed by atoms with van der Waals surface area (Å²) < 4.78 is 18.3. The standard InChI is InChI=1S/C17H12FNO3/c1-10-2-7-15-13(8-10)14(20)9-16(22-15)17(21)19-12-5-3-11(18)4-6-12/h2-9H,1H3,(H,19,21). The van der Waals surface area contributed by atoms with Gasteiger partial charge in [-0.1, -0.05) is 11.6 Å². The van der Waals surface area contributed by atoms with E-state index in [1.54, 1.807) is 18.2 Å². The van der Waals surface area contributed by atoms with Crippen molar-refractivity contribution >= 4 is 22.6 Å². The number of carbonyl (C=O) groups excluding carboxylic acids is 1. The zero-order valence-corrected chi connectivity index (χ0v) is 11.7. The number of hydrogen-bond donors (Lipinski definition) is 1. The largest absolute Gasteiger partial charge is 0.451 e. The lowest BCUT2D eigenvalue weighted by Gasteiger charge is -2.05. The van der Waals surface area contributed by atoms with Gasteiger partial charge in [0.05, 0.1) is 5.39 Å². The summed E-state index contributed by atoms with van der Waals surface area (Å²) in [6, 6.07) is 11.6. The van der Waals surface area contributed by atoms with Crippen molar-refractivity contribution in [3.8, 4) is 0 Å². The number of carbonyl (C=O) groups is 1. The highest BCUT2D eigenvalue weighted by Crippen LogP contribution is 2.16. The maximum atomic E-state index is 12.8. The molecule has 3 rings (SSSR count). The lowest BCUT2D eigenvalue weighted by molar-refractivity contribution is 0.0997. The third-order valence-electron chi connectivity index (χ3n) is 3.21. The van der Waals surface area contributed by atoms with Crippen molar-refractivity contribution in [3.05, 3.63) is 75.9 Å². The molecule has 4 nitrogen and oxygen atoms in total. The average molecular weight is 297 g/mol. The van der Waals surface area contributed by atoms with Gasteiger partial charge in [-0.05, 0) is 43.3 Å². The molecular formula is C17H12FNO3. The number of anilines is 1. The van der Waals surface area contributed by atoms with Crippen molar-refractivity contribution in [2.24, 2.45) is 0 Å². The summed E-state index contributed by atoms with van der Waals surface area (Å²) in [6.07, 6.45) is 0. The van der Waals surface area contributed by atoms with Crippen LogP contribution >= 0.6 is 0 Å². The Morgan fingerprint density at radius 2 is 1.82 bits per heavy atom. The van der Waals surface area contributed by atoms with Crippen LogP contribution in [0.15, 0.2) is 57.7 Å². The van der Waals surface area contributed by atoms with Gasteiger partial charge < -0.3 is 9.73 Å². The average Bonchev–Trinajstić information content (AvgIpc) is 2.50. The van der Waals surface area contributed by atoms with Crippen LogP contribution in [0.1, 0.15) is 16.1 Å². The number of amides is 1. The van der Waals surface area contributed by atoms with Crippen LogP contribution in [0, 0.1) is 12.7 Å². The highest BCUT2D eigenvalue weighted by atomic mass is 19.1. The van der Waals surface area contributed by atoms with E-state index in [2.05, 4.69) is 5.32 Å². The van der Waals surface area contributed by atoms with E-state index in [4.69, 9.17) is 4.42 Å². The molecular weight excluding hydrogens is 285 g/mol. The van der Waals surface area contributed by atoms with E-state index < -0.39 is 11.7 Å². The van der Waals surface area contributed by atoms with Crippen LogP contribution in [-0.4, -0.2) is 5.91 Å². The number of benzene rings is 2. The van der Waals surface area contributed by atoms with Gasteiger partial charge in [-0.15, -0.1) is 0 Å². The molecule has 3 aromatic rings. The van der Waals surface area contributed by atoms with Gasteiger partial charge in [0.1, 0.15) is 11.4 Å². The second kappa shape index (κ2) is 5.44. The van der Waals surface area contributed by atoms with E-state index in [-0.39, 0.29) is 11.2 Å². The molecule has 1 heterocycles. The zero-order chi connectivity index (χ0) is 15.7. The highest BCUT2D eigenvalue weighted by Gasteiger charge is 2.12. The van der Waals surface area contributed by atoms with Crippen molar-refractivity contribution in [3.63, 3.8) is 0 Å². The third kappa shape index (κ3) is 2.74. The van der Waals surface area contributed by atoms with Gasteiger partial charge in [-0.2, -0.15) is 0 Å². The molecule has 110 valence electrons. The second-order valence-corrected chi connectivity index (χ2v) is 4.94. The molecule has 2 aromatic carbocycles. The van der Waals surface area contributed by atoms with Crippen LogP contribution in [0.4, 0.5) is 10.1 Å². The summed E-state index contributed by atoms with van der Waals surface area (Å²) in [5.74, 6) is -1.05. The molecule has 22 heavy (non-hydrogen) atoms. The first-order valence-corrected chi connectivity index (χ1v) is 6.64. The molecule has 0 aliphatic carbocycles. The second-order valence-electron chi connectivity index (χ2n) is 4.94. The lowest BCUT2D eigenvalue weighted by Crippen LogP contribution is -2.15. The number of rotatable bonds is 2. The maximum Gasteiger partial charge on any atom is 0.291 e. The Morgan fingerprint density at radius 1 is 1.09 bits per heavy atom. The fourth-order valence-corrected chi connectivity index (χ4v) is 2.11. The highest BCUT2D eigenvalue weighted by molar-refractivity contribution is 6.02. The lowest BCUT2D eigenvalue weighted by atomic mass is 10.1. The van der Waals surface area contributed by atoms with Crippen LogP contribution in [-0.2, 0) is 0 Å². The SMILES string of the molecule is Cc1ccc2oc(C(=O)Nc3ccc(F)cc3)cc(=O)c2c1. The number of fused-ring (bicyclic) bond motifs is 1.